The van der Waals surface area contributed by atoms with Gasteiger partial charge in [-0.15, -0.1) is 0 Å². The van der Waals surface area contributed by atoms with Crippen LogP contribution in [0, 0.1) is 6.92 Å². The van der Waals surface area contributed by atoms with E-state index in [1.807, 2.05) is 59.2 Å². The van der Waals surface area contributed by atoms with Crippen LogP contribution in [0.2, 0.25) is 10.0 Å². The van der Waals surface area contributed by atoms with Gasteiger partial charge in [0.25, 0.3) is 5.91 Å². The van der Waals surface area contributed by atoms with E-state index in [2.05, 4.69) is 4.98 Å². The molecule has 0 atom stereocenters. The molecule has 1 amide bonds. The van der Waals surface area contributed by atoms with Crippen molar-refractivity contribution in [3.63, 3.8) is 0 Å². The third-order valence-corrected chi connectivity index (χ3v) is 5.40. The fourth-order valence-electron chi connectivity index (χ4n) is 3.33. The molecule has 0 saturated carbocycles. The lowest BCUT2D eigenvalue weighted by Gasteiger charge is -2.13. The summed E-state index contributed by atoms with van der Waals surface area (Å²) >= 11 is 12.5. The molecule has 0 aliphatic rings. The number of nitrogens with two attached hydrogens (primary N) is 1. The van der Waals surface area contributed by atoms with Crippen LogP contribution >= 0.6 is 23.2 Å². The van der Waals surface area contributed by atoms with Crippen LogP contribution in [0.25, 0.3) is 17.1 Å². The van der Waals surface area contributed by atoms with Crippen LogP contribution in [-0.4, -0.2) is 15.5 Å². The van der Waals surface area contributed by atoms with Gasteiger partial charge in [-0.05, 0) is 55.0 Å². The number of benzene rings is 3. The standard InChI is InChI=1S/C24H19Cl2N3O2/c1-15-22(23(27)30)28-24(20-12-7-17(25)13-21(20)26)29(15)18-8-10-19(11-9-18)31-14-16-5-3-2-4-6-16/h2-13H,14H2,1H3,(H2,27,30). The predicted molar refractivity (Wildman–Crippen MR) is 123 cm³/mol. The highest BCUT2D eigenvalue weighted by molar-refractivity contribution is 6.36. The molecule has 5 nitrogen and oxygen atoms in total. The lowest BCUT2D eigenvalue weighted by Crippen LogP contribution is -2.13. The maximum absolute atomic E-state index is 11.9. The second-order valence-electron chi connectivity index (χ2n) is 6.96. The molecule has 4 rings (SSSR count). The third-order valence-electron chi connectivity index (χ3n) is 4.86. The van der Waals surface area contributed by atoms with Crippen LogP contribution in [0.4, 0.5) is 0 Å². The summed E-state index contributed by atoms with van der Waals surface area (Å²) in [6, 6.07) is 22.6. The van der Waals surface area contributed by atoms with Gasteiger partial charge in [0.1, 0.15) is 23.9 Å². The van der Waals surface area contributed by atoms with Crippen molar-refractivity contribution in [2.45, 2.75) is 13.5 Å². The maximum Gasteiger partial charge on any atom is 0.269 e. The lowest BCUT2D eigenvalue weighted by molar-refractivity contribution is 0.0995. The van der Waals surface area contributed by atoms with Crippen molar-refractivity contribution < 1.29 is 9.53 Å². The Hall–Kier alpha value is -3.28. The SMILES string of the molecule is Cc1c(C(N)=O)nc(-c2ccc(Cl)cc2Cl)n1-c1ccc(OCc2ccccc2)cc1. The van der Waals surface area contributed by atoms with E-state index in [0.717, 1.165) is 17.0 Å². The van der Waals surface area contributed by atoms with Gasteiger partial charge in [0, 0.05) is 16.3 Å². The van der Waals surface area contributed by atoms with E-state index in [0.29, 0.717) is 33.7 Å². The summed E-state index contributed by atoms with van der Waals surface area (Å²) in [6.45, 7) is 2.27. The van der Waals surface area contributed by atoms with Gasteiger partial charge in [-0.25, -0.2) is 4.98 Å². The van der Waals surface area contributed by atoms with Crippen molar-refractivity contribution in [3.05, 3.63) is 99.8 Å². The van der Waals surface area contributed by atoms with Crippen molar-refractivity contribution >= 4 is 29.1 Å². The number of amides is 1. The van der Waals surface area contributed by atoms with E-state index < -0.39 is 5.91 Å². The molecule has 0 bridgehead atoms. The van der Waals surface area contributed by atoms with E-state index in [1.165, 1.54) is 0 Å². The molecule has 1 heterocycles. The first-order valence-corrected chi connectivity index (χ1v) is 10.3. The molecule has 156 valence electrons. The average Bonchev–Trinajstić information content (AvgIpc) is 3.10. The molecule has 0 aliphatic heterocycles. The van der Waals surface area contributed by atoms with Crippen LogP contribution in [-0.2, 0) is 6.61 Å². The van der Waals surface area contributed by atoms with Crippen molar-refractivity contribution in [3.8, 4) is 22.8 Å². The topological polar surface area (TPSA) is 70.1 Å². The van der Waals surface area contributed by atoms with Gasteiger partial charge in [0.2, 0.25) is 0 Å². The highest BCUT2D eigenvalue weighted by Crippen LogP contribution is 2.33. The Morgan fingerprint density at radius 1 is 1.03 bits per heavy atom. The Morgan fingerprint density at radius 2 is 1.74 bits per heavy atom. The third kappa shape index (κ3) is 4.43. The molecule has 4 aromatic rings. The summed E-state index contributed by atoms with van der Waals surface area (Å²) in [5.41, 5.74) is 8.88. The van der Waals surface area contributed by atoms with Crippen molar-refractivity contribution in [1.82, 2.24) is 9.55 Å². The van der Waals surface area contributed by atoms with E-state index in [-0.39, 0.29) is 5.69 Å². The van der Waals surface area contributed by atoms with Crippen molar-refractivity contribution in [2.75, 3.05) is 0 Å². The molecular weight excluding hydrogens is 433 g/mol. The first-order chi connectivity index (χ1) is 14.9. The van der Waals surface area contributed by atoms with Gasteiger partial charge >= 0.3 is 0 Å². The number of imidazole rings is 1. The highest BCUT2D eigenvalue weighted by Gasteiger charge is 2.21. The molecule has 0 fully saturated rings. The quantitative estimate of drug-likeness (QED) is 0.400. The van der Waals surface area contributed by atoms with Crippen LogP contribution in [0.15, 0.2) is 72.8 Å². The van der Waals surface area contributed by atoms with E-state index >= 15 is 0 Å². The minimum Gasteiger partial charge on any atom is -0.489 e. The van der Waals surface area contributed by atoms with Crippen LogP contribution in [0.3, 0.4) is 0 Å². The monoisotopic (exact) mass is 451 g/mol. The zero-order chi connectivity index (χ0) is 22.0. The van der Waals surface area contributed by atoms with E-state index in [4.69, 9.17) is 33.7 Å². The minimum atomic E-state index is -0.606. The van der Waals surface area contributed by atoms with Gasteiger partial charge in [-0.3, -0.25) is 9.36 Å². The van der Waals surface area contributed by atoms with E-state index in [1.54, 1.807) is 25.1 Å². The van der Waals surface area contributed by atoms with Crippen LogP contribution in [0.5, 0.6) is 5.75 Å². The summed E-state index contributed by atoms with van der Waals surface area (Å²) in [4.78, 5) is 16.4. The molecule has 0 radical (unpaired) electrons. The Morgan fingerprint density at radius 3 is 2.39 bits per heavy atom. The van der Waals surface area contributed by atoms with Gasteiger partial charge in [0.05, 0.1) is 10.7 Å². The number of aromatic nitrogens is 2. The summed E-state index contributed by atoms with van der Waals surface area (Å²) < 4.78 is 7.71. The van der Waals surface area contributed by atoms with Crippen molar-refractivity contribution in [2.24, 2.45) is 5.73 Å². The fourth-order valence-corrected chi connectivity index (χ4v) is 3.83. The molecule has 0 unspecified atom stereocenters. The largest absolute Gasteiger partial charge is 0.489 e. The zero-order valence-electron chi connectivity index (χ0n) is 16.7. The molecule has 2 N–H and O–H groups in total. The maximum atomic E-state index is 11.9. The normalized spacial score (nSPS) is 10.8. The second kappa shape index (κ2) is 8.84. The highest BCUT2D eigenvalue weighted by atomic mass is 35.5. The number of halogens is 2. The Labute approximate surface area is 190 Å². The van der Waals surface area contributed by atoms with E-state index in [9.17, 15) is 4.79 Å². The number of hydrogen-bond acceptors (Lipinski definition) is 3. The molecular formula is C24H19Cl2N3O2. The molecule has 0 aliphatic carbocycles. The number of hydrogen-bond donors (Lipinski definition) is 1. The van der Waals surface area contributed by atoms with Crippen molar-refractivity contribution in [1.29, 1.82) is 0 Å². The number of primary amides is 1. The van der Waals surface area contributed by atoms with Gasteiger partial charge < -0.3 is 10.5 Å². The Bertz CT molecular complexity index is 1240. The summed E-state index contributed by atoms with van der Waals surface area (Å²) in [7, 11) is 0. The first kappa shape index (κ1) is 21.0. The Balaban J connectivity index is 1.70. The number of nitrogens with zero attached hydrogens (tertiary/aromatic N) is 2. The summed E-state index contributed by atoms with van der Waals surface area (Å²) in [6.07, 6.45) is 0. The Kier molecular flexibility index (Phi) is 5.98. The lowest BCUT2D eigenvalue weighted by atomic mass is 10.2. The minimum absolute atomic E-state index is 0.186. The molecule has 0 spiro atoms. The first-order valence-electron chi connectivity index (χ1n) is 9.56. The molecule has 1 aromatic heterocycles. The number of carbonyl (C=O) groups excluding carboxylic acids is 1. The van der Waals surface area contributed by atoms with Crippen LogP contribution in [0.1, 0.15) is 21.7 Å². The molecule has 7 heteroatoms. The molecule has 0 saturated heterocycles. The predicted octanol–water partition coefficient (Wildman–Crippen LogP) is 5.83. The number of ether oxygens (including phenoxy) is 1. The van der Waals surface area contributed by atoms with Crippen LogP contribution < -0.4 is 10.5 Å². The molecule has 31 heavy (non-hydrogen) atoms. The number of rotatable bonds is 6. The smallest absolute Gasteiger partial charge is 0.269 e. The molecule has 3 aromatic carbocycles. The fraction of sp³-hybridized carbons (Fsp3) is 0.0833. The zero-order valence-corrected chi connectivity index (χ0v) is 18.2. The second-order valence-corrected chi connectivity index (χ2v) is 7.81. The summed E-state index contributed by atoms with van der Waals surface area (Å²) in [5.74, 6) is 0.628. The summed E-state index contributed by atoms with van der Waals surface area (Å²) in [5, 5.41) is 0.941. The van der Waals surface area contributed by atoms with Gasteiger partial charge in [0.15, 0.2) is 0 Å². The number of carbonyl (C=O) groups is 1. The van der Waals surface area contributed by atoms with Gasteiger partial charge in [-0.2, -0.15) is 0 Å². The average molecular weight is 452 g/mol. The van der Waals surface area contributed by atoms with Gasteiger partial charge in [-0.1, -0.05) is 53.5 Å².